The zero-order valence-corrected chi connectivity index (χ0v) is 29.8. The molecule has 0 heterocycles. The van der Waals surface area contributed by atoms with Gasteiger partial charge in [0.05, 0.1) is 12.2 Å². The van der Waals surface area contributed by atoms with E-state index in [0.717, 1.165) is 24.3 Å². The fourth-order valence-electron chi connectivity index (χ4n) is 6.75. The fraction of sp³-hybridized carbons (Fsp3) is 0.778. The minimum atomic E-state index is -0.521. The molecule has 3 rings (SSSR count). The summed E-state index contributed by atoms with van der Waals surface area (Å²) in [7, 11) is 0. The third-order valence-corrected chi connectivity index (χ3v) is 8.70. The molecule has 0 bridgehead atoms. The maximum Gasteiger partial charge on any atom is 0.0812 e. The van der Waals surface area contributed by atoms with Gasteiger partial charge in [-0.2, -0.15) is 0 Å². The normalized spacial score (nSPS) is 33.5. The van der Waals surface area contributed by atoms with E-state index >= 15 is 0 Å². The molecule has 173 valence electrons. The summed E-state index contributed by atoms with van der Waals surface area (Å²) in [5.41, 5.74) is 4.51. The predicted octanol–water partition coefficient (Wildman–Crippen LogP) is 6.73. The van der Waals surface area contributed by atoms with Crippen molar-refractivity contribution in [3.8, 4) is 0 Å². The van der Waals surface area contributed by atoms with Crippen LogP contribution in [0, 0.1) is 22.7 Å². The molecule has 2 nitrogen and oxygen atoms in total. The van der Waals surface area contributed by atoms with Crippen LogP contribution in [0.2, 0.25) is 0 Å². The molecular formula is C27H44O2Y3. The SMILES string of the molecule is CCCC=C1[C@H](O)CC(=C/C=C2\CCC[C@]3(C)C(C(C)(C)CC)CC[C@@H]23)C[C@H]1O.[Y].[Y].[Y]. The van der Waals surface area contributed by atoms with E-state index in [1.807, 2.05) is 6.08 Å². The van der Waals surface area contributed by atoms with Crippen LogP contribution in [0.1, 0.15) is 98.8 Å². The number of allylic oxidation sites excluding steroid dienone is 4. The zero-order chi connectivity index (χ0) is 21.2. The summed E-state index contributed by atoms with van der Waals surface area (Å²) < 4.78 is 0. The van der Waals surface area contributed by atoms with Crippen molar-refractivity contribution in [2.24, 2.45) is 22.7 Å². The van der Waals surface area contributed by atoms with Crippen molar-refractivity contribution in [2.75, 3.05) is 0 Å². The Bertz CT molecular complexity index is 666. The van der Waals surface area contributed by atoms with Gasteiger partial charge in [0, 0.05) is 98.1 Å². The van der Waals surface area contributed by atoms with E-state index < -0.39 is 12.2 Å². The summed E-state index contributed by atoms with van der Waals surface area (Å²) in [6.07, 6.45) is 16.8. The van der Waals surface area contributed by atoms with Crippen molar-refractivity contribution in [1.82, 2.24) is 0 Å². The maximum absolute atomic E-state index is 10.5. The van der Waals surface area contributed by atoms with E-state index in [9.17, 15) is 10.2 Å². The Morgan fingerprint density at radius 2 is 1.62 bits per heavy atom. The molecule has 0 aromatic carbocycles. The van der Waals surface area contributed by atoms with Gasteiger partial charge >= 0.3 is 0 Å². The molecule has 32 heavy (non-hydrogen) atoms. The van der Waals surface area contributed by atoms with Crippen molar-refractivity contribution in [2.45, 2.75) is 111 Å². The predicted molar refractivity (Wildman–Crippen MR) is 123 cm³/mol. The Kier molecular flexibility index (Phi) is 16.2. The Balaban J connectivity index is 0.00000320. The van der Waals surface area contributed by atoms with Crippen LogP contribution in [0.4, 0.5) is 0 Å². The first kappa shape index (κ1) is 34.5. The number of rotatable bonds is 5. The van der Waals surface area contributed by atoms with Crippen LogP contribution in [-0.4, -0.2) is 22.4 Å². The van der Waals surface area contributed by atoms with E-state index in [4.69, 9.17) is 0 Å². The largest absolute Gasteiger partial charge is 0.388 e. The van der Waals surface area contributed by atoms with Gasteiger partial charge in [0.25, 0.3) is 0 Å². The molecule has 0 aromatic heterocycles. The Hall–Kier alpha value is 2.45. The van der Waals surface area contributed by atoms with Gasteiger partial charge in [-0.1, -0.05) is 76.8 Å². The van der Waals surface area contributed by atoms with Crippen LogP contribution in [0.25, 0.3) is 0 Å². The Morgan fingerprint density at radius 3 is 2.19 bits per heavy atom. The van der Waals surface area contributed by atoms with Gasteiger partial charge in [0.15, 0.2) is 0 Å². The standard InChI is InChI=1S/C27H44O2.3Y/c1-6-8-11-21-23(28)17-19(18-24(21)29)12-13-20-10-9-16-27(5)22(20)14-15-25(27)26(3,4)7-2;;;/h11-13,22-25,28-29H,6-10,14-18H2,1-5H3;;;/b19-12?,20-13+,21-11?;;;/t22-,23+,24+,25?,27-;;;/m0.../s1. The third-order valence-electron chi connectivity index (χ3n) is 8.70. The molecule has 0 amide bonds. The monoisotopic (exact) mass is 667 g/mol. The molecule has 3 saturated carbocycles. The molecule has 5 heteroatoms. The zero-order valence-electron chi connectivity index (χ0n) is 21.2. The number of hydrogen-bond acceptors (Lipinski definition) is 2. The van der Waals surface area contributed by atoms with Crippen LogP contribution >= 0.6 is 0 Å². The molecule has 2 N–H and O–H groups in total. The van der Waals surface area contributed by atoms with E-state index in [2.05, 4.69) is 46.8 Å². The van der Waals surface area contributed by atoms with Crippen molar-refractivity contribution in [3.05, 3.63) is 34.9 Å². The van der Waals surface area contributed by atoms with Gasteiger partial charge in [-0.25, -0.2) is 0 Å². The van der Waals surface area contributed by atoms with Gasteiger partial charge in [0.1, 0.15) is 0 Å². The van der Waals surface area contributed by atoms with Gasteiger partial charge in [-0.15, -0.1) is 0 Å². The molecule has 3 aliphatic carbocycles. The average Bonchev–Trinajstić information content (AvgIpc) is 3.04. The van der Waals surface area contributed by atoms with E-state index in [1.165, 1.54) is 44.1 Å². The quantitative estimate of drug-likeness (QED) is 0.320. The summed E-state index contributed by atoms with van der Waals surface area (Å²) in [6, 6.07) is 0. The van der Waals surface area contributed by atoms with Crippen LogP contribution in [0.3, 0.4) is 0 Å². The summed E-state index contributed by atoms with van der Waals surface area (Å²) in [6.45, 7) is 12.0. The van der Waals surface area contributed by atoms with Crippen LogP contribution in [-0.2, 0) is 98.1 Å². The molecule has 1 unspecified atom stereocenters. The second kappa shape index (κ2) is 15.0. The molecule has 5 atom stereocenters. The van der Waals surface area contributed by atoms with Crippen LogP contribution < -0.4 is 0 Å². The van der Waals surface area contributed by atoms with Crippen LogP contribution in [0.15, 0.2) is 34.9 Å². The van der Waals surface area contributed by atoms with Gasteiger partial charge in [0.2, 0.25) is 0 Å². The minimum absolute atomic E-state index is 0. The van der Waals surface area contributed by atoms with Crippen molar-refractivity contribution in [3.63, 3.8) is 0 Å². The van der Waals surface area contributed by atoms with Crippen molar-refractivity contribution < 1.29 is 108 Å². The summed E-state index contributed by atoms with van der Waals surface area (Å²) in [5, 5.41) is 21.1. The smallest absolute Gasteiger partial charge is 0.0812 e. The summed E-state index contributed by atoms with van der Waals surface area (Å²) >= 11 is 0. The summed E-state index contributed by atoms with van der Waals surface area (Å²) in [4.78, 5) is 0. The first-order valence-corrected chi connectivity index (χ1v) is 12.2. The average molecular weight is 667 g/mol. The van der Waals surface area contributed by atoms with Gasteiger partial charge in [-0.05, 0) is 79.6 Å². The van der Waals surface area contributed by atoms with Crippen LogP contribution in [0.5, 0.6) is 0 Å². The number of unbranched alkanes of at least 4 members (excludes halogenated alkanes) is 1. The molecular weight excluding hydrogens is 623 g/mol. The Morgan fingerprint density at radius 1 is 1.00 bits per heavy atom. The third kappa shape index (κ3) is 7.73. The first-order chi connectivity index (χ1) is 13.7. The molecule has 0 spiro atoms. The molecule has 0 aliphatic heterocycles. The van der Waals surface area contributed by atoms with Crippen molar-refractivity contribution in [1.29, 1.82) is 0 Å². The minimum Gasteiger partial charge on any atom is -0.388 e. The molecule has 0 aromatic rings. The topological polar surface area (TPSA) is 40.5 Å². The molecule has 3 radical (unpaired) electrons. The number of fused-ring (bicyclic) bond motifs is 1. The fourth-order valence-corrected chi connectivity index (χ4v) is 6.75. The van der Waals surface area contributed by atoms with Crippen molar-refractivity contribution >= 4 is 0 Å². The van der Waals surface area contributed by atoms with E-state index in [1.54, 1.807) is 5.57 Å². The van der Waals surface area contributed by atoms with E-state index in [-0.39, 0.29) is 98.1 Å². The second-order valence-electron chi connectivity index (χ2n) is 10.9. The summed E-state index contributed by atoms with van der Waals surface area (Å²) in [5.74, 6) is 1.52. The second-order valence-corrected chi connectivity index (χ2v) is 10.9. The maximum atomic E-state index is 10.5. The van der Waals surface area contributed by atoms with E-state index in [0.29, 0.717) is 29.6 Å². The van der Waals surface area contributed by atoms with Gasteiger partial charge in [-0.3, -0.25) is 0 Å². The Labute approximate surface area is 273 Å². The molecule has 3 aliphatic rings. The number of hydrogen-bond donors (Lipinski definition) is 2. The number of aliphatic hydroxyl groups excluding tert-OH is 2. The first-order valence-electron chi connectivity index (χ1n) is 12.2. The number of aliphatic hydroxyl groups is 2. The molecule has 3 fully saturated rings. The van der Waals surface area contributed by atoms with Gasteiger partial charge < -0.3 is 10.2 Å². The molecule has 0 saturated heterocycles.